The van der Waals surface area contributed by atoms with Crippen LogP contribution in [-0.2, 0) is 24.2 Å². The summed E-state index contributed by atoms with van der Waals surface area (Å²) in [4.78, 5) is 29.0. The third kappa shape index (κ3) is 4.96. The van der Waals surface area contributed by atoms with Crippen molar-refractivity contribution in [2.24, 2.45) is 5.92 Å². The number of H-pyrrole nitrogens is 1. The normalized spacial score (nSPS) is 31.1. The highest BCUT2D eigenvalue weighted by molar-refractivity contribution is 5.83. The van der Waals surface area contributed by atoms with Crippen molar-refractivity contribution in [3.63, 3.8) is 0 Å². The fourth-order valence-corrected chi connectivity index (χ4v) is 8.17. The van der Waals surface area contributed by atoms with Gasteiger partial charge in [0.05, 0.1) is 23.5 Å². The smallest absolute Gasteiger partial charge is 0.240 e. The second-order valence-electron chi connectivity index (χ2n) is 13.1. The first kappa shape index (κ1) is 27.3. The maximum Gasteiger partial charge on any atom is 0.240 e. The summed E-state index contributed by atoms with van der Waals surface area (Å²) in [5, 5.41) is 9.87. The molecule has 3 saturated heterocycles. The number of nitrogens with zero attached hydrogens (tertiary/aromatic N) is 4. The summed E-state index contributed by atoms with van der Waals surface area (Å²) in [5.74, 6) is 1.04. The van der Waals surface area contributed by atoms with Gasteiger partial charge in [-0.3, -0.25) is 20.0 Å². The number of imidazole rings is 1. The van der Waals surface area contributed by atoms with Crippen LogP contribution in [0, 0.1) is 11.7 Å². The summed E-state index contributed by atoms with van der Waals surface area (Å²) in [6, 6.07) is 3.86. The predicted molar refractivity (Wildman–Crippen MR) is 154 cm³/mol. The maximum atomic E-state index is 14.3. The van der Waals surface area contributed by atoms with Crippen LogP contribution in [0.4, 0.5) is 4.39 Å². The number of aryl methyl sites for hydroxylation is 1. The first-order chi connectivity index (χ1) is 19.9. The van der Waals surface area contributed by atoms with E-state index in [4.69, 9.17) is 4.98 Å². The molecule has 2 aromatic rings. The number of carbonyl (C=O) groups excluding carboxylic acids is 1. The molecule has 1 aromatic carbocycles. The number of benzene rings is 1. The van der Waals surface area contributed by atoms with E-state index in [9.17, 15) is 14.3 Å². The fraction of sp³-hybridized carbons (Fsp3) is 0.677. The molecule has 0 bridgehead atoms. The SMILES string of the molecule is CCc1cc(O)c(F)cc1C1CCC2C(C1)NNC2c1nc2c([nH]1)CN(C)C(C(=O)N1CC(N3CCCCC3)C1)C2. The molecule has 222 valence electrons. The molecule has 4 fully saturated rings. The summed E-state index contributed by atoms with van der Waals surface area (Å²) in [6.45, 7) is 6.83. The number of halogens is 1. The van der Waals surface area contributed by atoms with Gasteiger partial charge in [-0.2, -0.15) is 0 Å². The Bertz CT molecular complexity index is 1290. The molecule has 1 amide bonds. The van der Waals surface area contributed by atoms with Gasteiger partial charge in [-0.25, -0.2) is 14.8 Å². The minimum absolute atomic E-state index is 0.0777. The van der Waals surface area contributed by atoms with Crippen molar-refractivity contribution in [1.29, 1.82) is 0 Å². The van der Waals surface area contributed by atoms with Crippen LogP contribution in [0.1, 0.15) is 85.7 Å². The molecule has 5 heterocycles. The largest absolute Gasteiger partial charge is 0.505 e. The van der Waals surface area contributed by atoms with Gasteiger partial charge < -0.3 is 15.0 Å². The number of phenolic OH excluding ortho intramolecular Hbond substituents is 1. The zero-order valence-corrected chi connectivity index (χ0v) is 24.3. The van der Waals surface area contributed by atoms with Gasteiger partial charge in [0.2, 0.25) is 5.91 Å². The van der Waals surface area contributed by atoms with E-state index in [-0.39, 0.29) is 35.7 Å². The molecule has 0 spiro atoms. The minimum atomic E-state index is -0.534. The third-order valence-corrected chi connectivity index (χ3v) is 10.7. The lowest BCUT2D eigenvalue weighted by atomic mass is 9.73. The number of hydrazine groups is 1. The van der Waals surface area contributed by atoms with Gasteiger partial charge in [-0.1, -0.05) is 13.3 Å². The van der Waals surface area contributed by atoms with Crippen LogP contribution in [0.15, 0.2) is 12.1 Å². The number of likely N-dealkylation sites (tertiary alicyclic amines) is 2. The number of aromatic hydroxyl groups is 1. The number of nitrogens with one attached hydrogen (secondary N) is 3. The number of phenols is 1. The van der Waals surface area contributed by atoms with Gasteiger partial charge in [0.15, 0.2) is 11.6 Å². The number of fused-ring (bicyclic) bond motifs is 2. The Morgan fingerprint density at radius 1 is 1.15 bits per heavy atom. The Morgan fingerprint density at radius 2 is 1.95 bits per heavy atom. The molecule has 10 heteroatoms. The number of rotatable bonds is 5. The fourth-order valence-electron chi connectivity index (χ4n) is 8.17. The molecule has 41 heavy (non-hydrogen) atoms. The van der Waals surface area contributed by atoms with Crippen molar-refractivity contribution in [3.8, 4) is 5.75 Å². The second kappa shape index (κ2) is 10.9. The monoisotopic (exact) mass is 565 g/mol. The Kier molecular flexibility index (Phi) is 7.29. The molecule has 7 rings (SSSR count). The number of piperidine rings is 1. The van der Waals surface area contributed by atoms with Gasteiger partial charge in [-0.15, -0.1) is 0 Å². The first-order valence-electron chi connectivity index (χ1n) is 15.7. The highest BCUT2D eigenvalue weighted by atomic mass is 19.1. The molecule has 4 N–H and O–H groups in total. The lowest BCUT2D eigenvalue weighted by molar-refractivity contribution is -0.145. The van der Waals surface area contributed by atoms with Crippen LogP contribution in [-0.4, -0.2) is 87.0 Å². The first-order valence-corrected chi connectivity index (χ1v) is 15.7. The average molecular weight is 566 g/mol. The van der Waals surface area contributed by atoms with E-state index in [0.717, 1.165) is 67.1 Å². The van der Waals surface area contributed by atoms with Crippen LogP contribution in [0.5, 0.6) is 5.75 Å². The summed E-state index contributed by atoms with van der Waals surface area (Å²) < 4.78 is 14.3. The number of hydrogen-bond donors (Lipinski definition) is 4. The van der Waals surface area contributed by atoms with Crippen LogP contribution in [0.25, 0.3) is 0 Å². The number of hydrogen-bond acceptors (Lipinski definition) is 7. The predicted octanol–water partition coefficient (Wildman–Crippen LogP) is 2.97. The van der Waals surface area contributed by atoms with Gasteiger partial charge >= 0.3 is 0 Å². The molecule has 5 aliphatic rings. The van der Waals surface area contributed by atoms with Crippen molar-refractivity contribution in [2.75, 3.05) is 33.2 Å². The average Bonchev–Trinajstić information content (AvgIpc) is 3.56. The number of carbonyl (C=O) groups is 1. The molecule has 1 aliphatic carbocycles. The molecule has 1 saturated carbocycles. The number of likely N-dealkylation sites (N-methyl/N-ethyl adjacent to an activating group) is 1. The number of amides is 1. The number of aromatic nitrogens is 2. The van der Waals surface area contributed by atoms with Crippen molar-refractivity contribution in [1.82, 2.24) is 35.5 Å². The van der Waals surface area contributed by atoms with E-state index in [0.29, 0.717) is 24.9 Å². The highest BCUT2D eigenvalue weighted by Crippen LogP contribution is 2.44. The Hall–Kier alpha value is -2.53. The molecule has 5 unspecified atom stereocenters. The molecular formula is C31H44FN7O2. The van der Waals surface area contributed by atoms with E-state index in [1.54, 1.807) is 12.1 Å². The topological polar surface area (TPSA) is 99.8 Å². The maximum absolute atomic E-state index is 14.3. The van der Waals surface area contributed by atoms with E-state index in [1.807, 2.05) is 0 Å². The van der Waals surface area contributed by atoms with Crippen LogP contribution >= 0.6 is 0 Å². The highest BCUT2D eigenvalue weighted by Gasteiger charge is 2.45. The molecule has 4 aliphatic heterocycles. The number of aromatic amines is 1. The quantitative estimate of drug-likeness (QED) is 0.443. The molecule has 5 atom stereocenters. The Labute approximate surface area is 241 Å². The van der Waals surface area contributed by atoms with E-state index < -0.39 is 5.82 Å². The molecule has 1 aromatic heterocycles. The third-order valence-electron chi connectivity index (χ3n) is 10.7. The second-order valence-corrected chi connectivity index (χ2v) is 13.1. The van der Waals surface area contributed by atoms with Crippen LogP contribution < -0.4 is 10.9 Å². The molecule has 0 radical (unpaired) electrons. The molecular weight excluding hydrogens is 521 g/mol. The van der Waals surface area contributed by atoms with Gasteiger partial charge in [-0.05, 0) is 93.8 Å². The van der Waals surface area contributed by atoms with Crippen molar-refractivity contribution in [3.05, 3.63) is 46.3 Å². The van der Waals surface area contributed by atoms with Gasteiger partial charge in [0.1, 0.15) is 5.82 Å². The molecule has 9 nitrogen and oxygen atoms in total. The summed E-state index contributed by atoms with van der Waals surface area (Å²) in [5.41, 5.74) is 11.2. The minimum Gasteiger partial charge on any atom is -0.505 e. The van der Waals surface area contributed by atoms with E-state index >= 15 is 0 Å². The van der Waals surface area contributed by atoms with Crippen LogP contribution in [0.3, 0.4) is 0 Å². The van der Waals surface area contributed by atoms with Gasteiger partial charge in [0, 0.05) is 38.1 Å². The lowest BCUT2D eigenvalue weighted by Gasteiger charge is -2.48. The lowest BCUT2D eigenvalue weighted by Crippen LogP contribution is -2.65. The summed E-state index contributed by atoms with van der Waals surface area (Å²) in [7, 11) is 2.05. The Morgan fingerprint density at radius 3 is 2.73 bits per heavy atom. The zero-order valence-electron chi connectivity index (χ0n) is 24.3. The zero-order chi connectivity index (χ0) is 28.2. The Balaban J connectivity index is 0.995. The summed E-state index contributed by atoms with van der Waals surface area (Å²) >= 11 is 0. The standard InChI is InChI=1S/C31H44FN7O2/c1-3-18-12-28(40)23(32)13-22(18)19-7-8-21-24(11-19)35-36-29(21)30-33-25-14-27(37(2)17-26(25)34-30)31(41)39-15-20(16-39)38-9-5-4-6-10-38/h12-13,19-21,24,27,29,35-36,40H,3-11,14-17H2,1-2H3,(H,33,34). The van der Waals surface area contributed by atoms with Crippen molar-refractivity contribution in [2.45, 2.75) is 94.9 Å². The van der Waals surface area contributed by atoms with Crippen molar-refractivity contribution >= 4 is 5.91 Å². The van der Waals surface area contributed by atoms with Crippen LogP contribution in [0.2, 0.25) is 0 Å². The summed E-state index contributed by atoms with van der Waals surface area (Å²) in [6.07, 6.45) is 8.22. The van der Waals surface area contributed by atoms with Gasteiger partial charge in [0.25, 0.3) is 0 Å². The van der Waals surface area contributed by atoms with E-state index in [2.05, 4.69) is 44.5 Å². The van der Waals surface area contributed by atoms with E-state index in [1.165, 1.54) is 32.4 Å². The van der Waals surface area contributed by atoms with Crippen molar-refractivity contribution < 1.29 is 14.3 Å².